The molecule has 0 unspecified atom stereocenters. The fourth-order valence-corrected chi connectivity index (χ4v) is 6.18. The summed E-state index contributed by atoms with van der Waals surface area (Å²) >= 11 is 1.80. The van der Waals surface area contributed by atoms with Crippen molar-refractivity contribution in [3.05, 3.63) is 96.6 Å². The SMILES string of the molecule is COc1ccc2c(c1)N(c1ccc(OC3CCN(Cc4cccc(N)c4)CC3)cc1)c1ccccc1S2. The summed E-state index contributed by atoms with van der Waals surface area (Å²) in [6.07, 6.45) is 2.28. The normalized spacial score (nSPS) is 15.6. The van der Waals surface area contributed by atoms with E-state index >= 15 is 0 Å². The minimum Gasteiger partial charge on any atom is -0.497 e. The fourth-order valence-electron chi connectivity index (χ4n) is 5.14. The van der Waals surface area contributed by atoms with Crippen molar-refractivity contribution in [2.45, 2.75) is 35.3 Å². The molecule has 0 amide bonds. The number of anilines is 4. The molecule has 1 fully saturated rings. The van der Waals surface area contributed by atoms with Crippen LogP contribution in [0.4, 0.5) is 22.7 Å². The molecule has 2 N–H and O–H groups in total. The van der Waals surface area contributed by atoms with E-state index < -0.39 is 0 Å². The molecule has 0 atom stereocenters. The maximum atomic E-state index is 6.40. The summed E-state index contributed by atoms with van der Waals surface area (Å²) in [5.41, 5.74) is 11.4. The molecule has 0 saturated carbocycles. The van der Waals surface area contributed by atoms with Gasteiger partial charge in [-0.05, 0) is 79.1 Å². The van der Waals surface area contributed by atoms with E-state index in [-0.39, 0.29) is 6.10 Å². The first-order chi connectivity index (χ1) is 18.2. The van der Waals surface area contributed by atoms with Gasteiger partial charge < -0.3 is 20.1 Å². The van der Waals surface area contributed by atoms with Gasteiger partial charge in [-0.25, -0.2) is 0 Å². The zero-order valence-corrected chi connectivity index (χ0v) is 21.8. The largest absolute Gasteiger partial charge is 0.497 e. The van der Waals surface area contributed by atoms with Crippen molar-refractivity contribution >= 4 is 34.5 Å². The van der Waals surface area contributed by atoms with Gasteiger partial charge in [-0.1, -0.05) is 36.0 Å². The molecule has 0 aliphatic carbocycles. The van der Waals surface area contributed by atoms with Crippen LogP contribution in [0.15, 0.2) is 101 Å². The standard InChI is InChI=1S/C31H31N3O2S/c1-35-27-13-14-31-29(20-27)34(28-7-2-3-8-30(28)37-31)24-9-11-25(12-10-24)36-26-15-17-33(18-16-26)21-22-5-4-6-23(32)19-22/h2-14,19-20,26H,15-18,21,32H2,1H3. The third-order valence-electron chi connectivity index (χ3n) is 7.02. The van der Waals surface area contributed by atoms with Gasteiger partial charge >= 0.3 is 0 Å². The first-order valence-electron chi connectivity index (χ1n) is 12.7. The molecular weight excluding hydrogens is 478 g/mol. The zero-order chi connectivity index (χ0) is 25.2. The van der Waals surface area contributed by atoms with Crippen LogP contribution < -0.4 is 20.1 Å². The third kappa shape index (κ3) is 5.13. The average Bonchev–Trinajstić information content (AvgIpc) is 2.93. The number of para-hydroxylation sites is 1. The van der Waals surface area contributed by atoms with E-state index in [1.165, 1.54) is 21.0 Å². The summed E-state index contributed by atoms with van der Waals surface area (Å²) in [6.45, 7) is 2.99. The Hall–Kier alpha value is -3.61. The summed E-state index contributed by atoms with van der Waals surface area (Å²) in [6, 6.07) is 31.5. The maximum absolute atomic E-state index is 6.40. The number of piperidine rings is 1. The number of nitrogens with two attached hydrogens (primary N) is 1. The van der Waals surface area contributed by atoms with E-state index in [0.717, 1.165) is 61.0 Å². The summed E-state index contributed by atoms with van der Waals surface area (Å²) in [5, 5.41) is 0. The van der Waals surface area contributed by atoms with Crippen molar-refractivity contribution in [3.63, 3.8) is 0 Å². The number of ether oxygens (including phenoxy) is 2. The van der Waals surface area contributed by atoms with Gasteiger partial charge in [-0.2, -0.15) is 0 Å². The molecule has 2 aliphatic rings. The monoisotopic (exact) mass is 509 g/mol. The van der Waals surface area contributed by atoms with E-state index in [4.69, 9.17) is 15.2 Å². The van der Waals surface area contributed by atoms with Gasteiger partial charge in [0.1, 0.15) is 17.6 Å². The minimum absolute atomic E-state index is 0.236. The first-order valence-corrected chi connectivity index (χ1v) is 13.6. The molecule has 0 aromatic heterocycles. The highest BCUT2D eigenvalue weighted by Crippen LogP contribution is 2.52. The Morgan fingerprint density at radius 2 is 1.57 bits per heavy atom. The van der Waals surface area contributed by atoms with Crippen LogP contribution in [0.3, 0.4) is 0 Å². The molecule has 0 spiro atoms. The quantitative estimate of drug-likeness (QED) is 0.243. The van der Waals surface area contributed by atoms with Gasteiger partial charge in [-0.15, -0.1) is 0 Å². The maximum Gasteiger partial charge on any atom is 0.121 e. The van der Waals surface area contributed by atoms with Crippen LogP contribution >= 0.6 is 11.8 Å². The van der Waals surface area contributed by atoms with Gasteiger partial charge in [0.25, 0.3) is 0 Å². The molecule has 0 bridgehead atoms. The lowest BCUT2D eigenvalue weighted by Gasteiger charge is -2.33. The van der Waals surface area contributed by atoms with Crippen LogP contribution in [-0.4, -0.2) is 31.2 Å². The Balaban J connectivity index is 1.15. The predicted octanol–water partition coefficient (Wildman–Crippen LogP) is 7.26. The number of benzene rings is 4. The lowest BCUT2D eigenvalue weighted by Crippen LogP contribution is -2.37. The number of nitrogen functional groups attached to an aromatic ring is 1. The van der Waals surface area contributed by atoms with E-state index in [2.05, 4.69) is 82.6 Å². The Bertz CT molecular complexity index is 1380. The van der Waals surface area contributed by atoms with E-state index in [0.29, 0.717) is 0 Å². The Morgan fingerprint density at radius 3 is 2.35 bits per heavy atom. The number of likely N-dealkylation sites (tertiary alicyclic amines) is 1. The molecule has 37 heavy (non-hydrogen) atoms. The third-order valence-corrected chi connectivity index (χ3v) is 8.15. The van der Waals surface area contributed by atoms with Crippen molar-refractivity contribution < 1.29 is 9.47 Å². The van der Waals surface area contributed by atoms with Crippen LogP contribution in [-0.2, 0) is 6.54 Å². The summed E-state index contributed by atoms with van der Waals surface area (Å²) < 4.78 is 11.9. The molecule has 2 aliphatic heterocycles. The van der Waals surface area contributed by atoms with Gasteiger partial charge in [0.05, 0.1) is 18.5 Å². The van der Waals surface area contributed by atoms with Crippen molar-refractivity contribution in [2.24, 2.45) is 0 Å². The summed E-state index contributed by atoms with van der Waals surface area (Å²) in [4.78, 5) is 7.24. The average molecular weight is 510 g/mol. The summed E-state index contributed by atoms with van der Waals surface area (Å²) in [5.74, 6) is 1.77. The molecule has 2 heterocycles. The second-order valence-electron chi connectivity index (χ2n) is 9.57. The van der Waals surface area contributed by atoms with Crippen LogP contribution in [0.1, 0.15) is 18.4 Å². The number of hydrogen-bond acceptors (Lipinski definition) is 6. The zero-order valence-electron chi connectivity index (χ0n) is 21.0. The molecule has 4 aromatic carbocycles. The number of hydrogen-bond donors (Lipinski definition) is 1. The fraction of sp³-hybridized carbons (Fsp3) is 0.226. The second kappa shape index (κ2) is 10.4. The molecular formula is C31H31N3O2S. The van der Waals surface area contributed by atoms with Crippen molar-refractivity contribution in [1.29, 1.82) is 0 Å². The van der Waals surface area contributed by atoms with E-state index in [1.807, 2.05) is 18.2 Å². The first kappa shape index (κ1) is 23.8. The van der Waals surface area contributed by atoms with Gasteiger partial charge in [0.2, 0.25) is 0 Å². The molecule has 1 saturated heterocycles. The van der Waals surface area contributed by atoms with Crippen molar-refractivity contribution in [1.82, 2.24) is 4.90 Å². The van der Waals surface area contributed by atoms with Crippen molar-refractivity contribution in [2.75, 3.05) is 30.8 Å². The molecule has 188 valence electrons. The van der Waals surface area contributed by atoms with Crippen molar-refractivity contribution in [3.8, 4) is 11.5 Å². The number of methoxy groups -OCH3 is 1. The van der Waals surface area contributed by atoms with Gasteiger partial charge in [0.15, 0.2) is 0 Å². The Labute approximate surface area is 222 Å². The molecule has 0 radical (unpaired) electrons. The van der Waals surface area contributed by atoms with E-state index in [9.17, 15) is 0 Å². The lowest BCUT2D eigenvalue weighted by molar-refractivity contribution is 0.0968. The van der Waals surface area contributed by atoms with Gasteiger partial charge in [0, 0.05) is 46.9 Å². The topological polar surface area (TPSA) is 51.0 Å². The van der Waals surface area contributed by atoms with Crippen LogP contribution in [0.2, 0.25) is 0 Å². The van der Waals surface area contributed by atoms with E-state index in [1.54, 1.807) is 18.9 Å². The molecule has 6 heteroatoms. The smallest absolute Gasteiger partial charge is 0.121 e. The van der Waals surface area contributed by atoms with Crippen LogP contribution in [0, 0.1) is 0 Å². The molecule has 5 nitrogen and oxygen atoms in total. The van der Waals surface area contributed by atoms with Gasteiger partial charge in [-0.3, -0.25) is 4.90 Å². The highest BCUT2D eigenvalue weighted by molar-refractivity contribution is 7.99. The Kier molecular flexibility index (Phi) is 6.68. The number of nitrogens with zero attached hydrogens (tertiary/aromatic N) is 2. The highest BCUT2D eigenvalue weighted by atomic mass is 32.2. The second-order valence-corrected chi connectivity index (χ2v) is 10.7. The van der Waals surface area contributed by atoms with Crippen LogP contribution in [0.5, 0.6) is 11.5 Å². The summed E-state index contributed by atoms with van der Waals surface area (Å²) in [7, 11) is 1.71. The molecule has 6 rings (SSSR count). The highest BCUT2D eigenvalue weighted by Gasteiger charge is 2.26. The predicted molar refractivity (Wildman–Crippen MR) is 152 cm³/mol. The Morgan fingerprint density at radius 1 is 0.811 bits per heavy atom. The lowest BCUT2D eigenvalue weighted by atomic mass is 10.1. The number of rotatable bonds is 6. The molecule has 4 aromatic rings. The number of fused-ring (bicyclic) bond motifs is 2. The van der Waals surface area contributed by atoms with Crippen LogP contribution in [0.25, 0.3) is 0 Å². The minimum atomic E-state index is 0.236.